The normalized spacial score (nSPS) is 10.0. The summed E-state index contributed by atoms with van der Waals surface area (Å²) in [6.07, 6.45) is 0.731. The van der Waals surface area contributed by atoms with Crippen molar-refractivity contribution in [2.45, 2.75) is 6.61 Å². The summed E-state index contributed by atoms with van der Waals surface area (Å²) >= 11 is 5.61. The Morgan fingerprint density at radius 1 is 1.42 bits per heavy atom. The van der Waals surface area contributed by atoms with Gasteiger partial charge < -0.3 is 4.74 Å². The van der Waals surface area contributed by atoms with Crippen molar-refractivity contribution in [1.29, 1.82) is 0 Å². The Morgan fingerprint density at radius 2 is 2.26 bits per heavy atom. The molecule has 2 rings (SSSR count). The van der Waals surface area contributed by atoms with Crippen molar-refractivity contribution in [3.05, 3.63) is 52.9 Å². The number of rotatable bonds is 3. The van der Waals surface area contributed by atoms with Gasteiger partial charge in [-0.3, -0.25) is 5.32 Å². The van der Waals surface area contributed by atoms with Gasteiger partial charge in [-0.1, -0.05) is 17.7 Å². The molecule has 0 aliphatic carbocycles. The molecule has 2 aromatic rings. The maximum absolute atomic E-state index is 13.4. The number of halogens is 2. The molecule has 1 N–H and O–H groups in total. The van der Waals surface area contributed by atoms with Crippen LogP contribution in [0.1, 0.15) is 5.56 Å². The van der Waals surface area contributed by atoms with E-state index in [0.717, 1.165) is 6.07 Å². The summed E-state index contributed by atoms with van der Waals surface area (Å²) in [6, 6.07) is 7.29. The van der Waals surface area contributed by atoms with Gasteiger partial charge in [0.25, 0.3) is 0 Å². The van der Waals surface area contributed by atoms with Crippen LogP contribution in [-0.2, 0) is 11.3 Å². The molecule has 0 spiro atoms. The highest BCUT2D eigenvalue weighted by atomic mass is 35.5. The van der Waals surface area contributed by atoms with Crippen molar-refractivity contribution >= 4 is 23.5 Å². The van der Waals surface area contributed by atoms with Gasteiger partial charge in [-0.15, -0.1) is 5.10 Å². The Hall–Kier alpha value is -2.21. The predicted octanol–water partition coefficient (Wildman–Crippen LogP) is 3.02. The highest BCUT2D eigenvalue weighted by Gasteiger charge is 2.08. The second kappa shape index (κ2) is 6.10. The number of carbonyl (C=O) groups excluding carboxylic acids is 1. The quantitative estimate of drug-likeness (QED) is 0.939. The number of benzene rings is 1. The standard InChI is InChI=1S/C12H9ClFN3O2/c13-9-4-3-8(10(14)6-9)7-19-12(18)16-11-2-1-5-15-17-11/h1-6H,7H2,(H,16,17,18). The molecule has 0 aliphatic rings. The van der Waals surface area contributed by atoms with E-state index >= 15 is 0 Å². The van der Waals surface area contributed by atoms with Crippen molar-refractivity contribution in [1.82, 2.24) is 10.2 Å². The lowest BCUT2D eigenvalue weighted by atomic mass is 10.2. The fourth-order valence-electron chi connectivity index (χ4n) is 1.29. The third kappa shape index (κ3) is 3.89. The number of anilines is 1. The number of aromatic nitrogens is 2. The summed E-state index contributed by atoms with van der Waals surface area (Å²) in [5.41, 5.74) is 0.235. The molecule has 1 aromatic carbocycles. The molecule has 98 valence electrons. The van der Waals surface area contributed by atoms with Crippen LogP contribution in [0.2, 0.25) is 5.02 Å². The summed E-state index contributed by atoms with van der Waals surface area (Å²) in [4.78, 5) is 11.4. The monoisotopic (exact) mass is 281 g/mol. The topological polar surface area (TPSA) is 64.1 Å². The summed E-state index contributed by atoms with van der Waals surface area (Å²) in [7, 11) is 0. The number of hydrogen-bond donors (Lipinski definition) is 1. The van der Waals surface area contributed by atoms with Crippen molar-refractivity contribution in [3.63, 3.8) is 0 Å². The molecule has 7 heteroatoms. The highest BCUT2D eigenvalue weighted by molar-refractivity contribution is 6.30. The van der Waals surface area contributed by atoms with E-state index < -0.39 is 11.9 Å². The first-order valence-electron chi connectivity index (χ1n) is 5.30. The van der Waals surface area contributed by atoms with Crippen LogP contribution in [0.3, 0.4) is 0 Å². The first-order chi connectivity index (χ1) is 9.15. The molecule has 1 aromatic heterocycles. The van der Waals surface area contributed by atoms with Gasteiger partial charge in [0.1, 0.15) is 12.4 Å². The van der Waals surface area contributed by atoms with E-state index in [4.69, 9.17) is 16.3 Å². The Kier molecular flexibility index (Phi) is 4.25. The fraction of sp³-hybridized carbons (Fsp3) is 0.0833. The summed E-state index contributed by atoms with van der Waals surface area (Å²) in [5.74, 6) is -0.274. The molecule has 1 amide bonds. The van der Waals surface area contributed by atoms with E-state index in [1.54, 1.807) is 12.1 Å². The lowest BCUT2D eigenvalue weighted by molar-refractivity contribution is 0.153. The average Bonchev–Trinajstić information content (AvgIpc) is 2.39. The van der Waals surface area contributed by atoms with Crippen LogP contribution >= 0.6 is 11.6 Å². The predicted molar refractivity (Wildman–Crippen MR) is 67.2 cm³/mol. The highest BCUT2D eigenvalue weighted by Crippen LogP contribution is 2.15. The van der Waals surface area contributed by atoms with E-state index in [9.17, 15) is 9.18 Å². The van der Waals surface area contributed by atoms with Crippen molar-refractivity contribution in [3.8, 4) is 0 Å². The maximum atomic E-state index is 13.4. The molecule has 0 radical (unpaired) electrons. The third-order valence-electron chi connectivity index (χ3n) is 2.18. The summed E-state index contributed by atoms with van der Waals surface area (Å²) in [6.45, 7) is -0.199. The Labute approximate surface area is 113 Å². The molecule has 0 atom stereocenters. The average molecular weight is 282 g/mol. The van der Waals surface area contributed by atoms with Gasteiger partial charge in [-0.2, -0.15) is 5.10 Å². The molecule has 0 aliphatic heterocycles. The zero-order chi connectivity index (χ0) is 13.7. The Bertz CT molecular complexity index is 580. The molecule has 0 fully saturated rings. The van der Waals surface area contributed by atoms with Gasteiger partial charge in [-0.05, 0) is 24.3 Å². The first kappa shape index (κ1) is 13.2. The van der Waals surface area contributed by atoms with E-state index in [2.05, 4.69) is 15.5 Å². The van der Waals surface area contributed by atoms with Gasteiger partial charge in [0.05, 0.1) is 0 Å². The largest absolute Gasteiger partial charge is 0.444 e. The number of carbonyl (C=O) groups is 1. The first-order valence-corrected chi connectivity index (χ1v) is 5.68. The lowest BCUT2D eigenvalue weighted by Crippen LogP contribution is -2.15. The van der Waals surface area contributed by atoms with Gasteiger partial charge in [0.15, 0.2) is 5.82 Å². The minimum atomic E-state index is -0.741. The minimum absolute atomic E-state index is 0.199. The van der Waals surface area contributed by atoms with E-state index in [1.807, 2.05) is 0 Å². The zero-order valence-corrected chi connectivity index (χ0v) is 10.4. The maximum Gasteiger partial charge on any atom is 0.413 e. The molecular formula is C12H9ClFN3O2. The van der Waals surface area contributed by atoms with Gasteiger partial charge in [0, 0.05) is 16.8 Å². The zero-order valence-electron chi connectivity index (χ0n) is 9.64. The smallest absolute Gasteiger partial charge is 0.413 e. The van der Waals surface area contributed by atoms with Crippen molar-refractivity contribution < 1.29 is 13.9 Å². The number of ether oxygens (including phenoxy) is 1. The minimum Gasteiger partial charge on any atom is -0.444 e. The molecule has 0 unspecified atom stereocenters. The van der Waals surface area contributed by atoms with Crippen LogP contribution in [0, 0.1) is 5.82 Å². The van der Waals surface area contributed by atoms with Crippen LogP contribution in [0.4, 0.5) is 15.0 Å². The number of amides is 1. The van der Waals surface area contributed by atoms with Crippen LogP contribution in [-0.4, -0.2) is 16.3 Å². The van der Waals surface area contributed by atoms with Crippen LogP contribution in [0.15, 0.2) is 36.5 Å². The van der Waals surface area contributed by atoms with E-state index in [-0.39, 0.29) is 23.0 Å². The molecule has 0 saturated carbocycles. The van der Waals surface area contributed by atoms with E-state index in [0.29, 0.717) is 0 Å². The number of nitrogens with zero attached hydrogens (tertiary/aromatic N) is 2. The number of nitrogens with one attached hydrogen (secondary N) is 1. The second-order valence-corrected chi connectivity index (χ2v) is 3.98. The molecular weight excluding hydrogens is 273 g/mol. The van der Waals surface area contributed by atoms with Gasteiger partial charge >= 0.3 is 6.09 Å². The van der Waals surface area contributed by atoms with E-state index in [1.165, 1.54) is 18.3 Å². The molecule has 1 heterocycles. The Morgan fingerprint density at radius 3 is 2.95 bits per heavy atom. The van der Waals surface area contributed by atoms with Gasteiger partial charge in [0.2, 0.25) is 0 Å². The second-order valence-electron chi connectivity index (χ2n) is 3.55. The molecule has 19 heavy (non-hydrogen) atoms. The van der Waals surface area contributed by atoms with Crippen molar-refractivity contribution in [2.75, 3.05) is 5.32 Å². The number of hydrogen-bond acceptors (Lipinski definition) is 4. The molecule has 0 saturated heterocycles. The van der Waals surface area contributed by atoms with Crippen LogP contribution < -0.4 is 5.32 Å². The van der Waals surface area contributed by atoms with Crippen LogP contribution in [0.5, 0.6) is 0 Å². The molecule has 5 nitrogen and oxygen atoms in total. The fourth-order valence-corrected chi connectivity index (χ4v) is 1.45. The van der Waals surface area contributed by atoms with Crippen molar-refractivity contribution in [2.24, 2.45) is 0 Å². The Balaban J connectivity index is 1.90. The lowest BCUT2D eigenvalue weighted by Gasteiger charge is -2.06. The SMILES string of the molecule is O=C(Nc1cccnn1)OCc1ccc(Cl)cc1F. The molecule has 0 bridgehead atoms. The summed E-state index contributed by atoms with van der Waals surface area (Å²) < 4.78 is 18.3. The third-order valence-corrected chi connectivity index (χ3v) is 2.41. The van der Waals surface area contributed by atoms with Gasteiger partial charge in [-0.25, -0.2) is 9.18 Å². The van der Waals surface area contributed by atoms with Crippen LogP contribution in [0.25, 0.3) is 0 Å². The summed E-state index contributed by atoms with van der Waals surface area (Å²) in [5, 5.41) is 9.88.